The number of H-pyrrole nitrogens is 1. The molecule has 1 atom stereocenters. The first-order valence-corrected chi connectivity index (χ1v) is 8.57. The van der Waals surface area contributed by atoms with Crippen molar-refractivity contribution >= 4 is 34.6 Å². The number of amides is 1. The average molecular weight is 352 g/mol. The van der Waals surface area contributed by atoms with Gasteiger partial charge in [0.05, 0.1) is 11.3 Å². The summed E-state index contributed by atoms with van der Waals surface area (Å²) in [7, 11) is 0. The molecule has 2 heterocycles. The number of nitrogens with one attached hydrogen (secondary N) is 2. The molecule has 0 bridgehead atoms. The number of carbonyl (C=O) groups is 2. The van der Waals surface area contributed by atoms with Crippen molar-refractivity contribution in [2.75, 3.05) is 0 Å². The average Bonchev–Trinajstić information content (AvgIpc) is 3.11. The number of nitrogens with two attached hydrogens (primary N) is 1. The monoisotopic (exact) mass is 352 g/mol. The Morgan fingerprint density at radius 3 is 2.85 bits per heavy atom. The molecule has 1 unspecified atom stereocenters. The summed E-state index contributed by atoms with van der Waals surface area (Å²) in [6.45, 7) is 2.09. The summed E-state index contributed by atoms with van der Waals surface area (Å²) in [4.78, 5) is 26.8. The van der Waals surface area contributed by atoms with Gasteiger partial charge in [0.2, 0.25) is 0 Å². The SMILES string of the molecule is CC1(C2=NNC(=O)/C2=C\c2[nH]c3ccccc3c2CC(N)C(=O)O)CC1. The first kappa shape index (κ1) is 16.5. The number of hydrogen-bond donors (Lipinski definition) is 4. The molecule has 1 fully saturated rings. The third-order valence-electron chi connectivity index (χ3n) is 5.22. The largest absolute Gasteiger partial charge is 0.480 e. The summed E-state index contributed by atoms with van der Waals surface area (Å²) in [5, 5.41) is 14.3. The van der Waals surface area contributed by atoms with Gasteiger partial charge in [0.1, 0.15) is 6.04 Å². The summed E-state index contributed by atoms with van der Waals surface area (Å²) in [6.07, 6.45) is 3.95. The van der Waals surface area contributed by atoms with E-state index in [1.807, 2.05) is 24.3 Å². The second-order valence-corrected chi connectivity index (χ2v) is 7.23. The minimum Gasteiger partial charge on any atom is -0.480 e. The van der Waals surface area contributed by atoms with Gasteiger partial charge in [0.15, 0.2) is 0 Å². The lowest BCUT2D eigenvalue weighted by Gasteiger charge is -2.09. The van der Waals surface area contributed by atoms with Crippen molar-refractivity contribution in [3.8, 4) is 0 Å². The normalized spacial score (nSPS) is 20.9. The molecule has 1 aromatic heterocycles. The van der Waals surface area contributed by atoms with Gasteiger partial charge in [-0.15, -0.1) is 0 Å². The Bertz CT molecular complexity index is 982. The Kier molecular flexibility index (Phi) is 3.69. The molecule has 4 rings (SSSR count). The molecule has 1 saturated carbocycles. The lowest BCUT2D eigenvalue weighted by molar-refractivity contribution is -0.138. The highest BCUT2D eigenvalue weighted by molar-refractivity contribution is 6.29. The standard InChI is InChI=1S/C19H20N4O3/c1-19(6-7-19)16-12(17(24)23-22-16)9-15-11(8-13(20)18(25)26)10-4-2-3-5-14(10)21-15/h2-5,9,13,21H,6-8,20H2,1H3,(H,23,24)(H,25,26)/b12-9-. The summed E-state index contributed by atoms with van der Waals surface area (Å²) in [6, 6.07) is 6.61. The van der Waals surface area contributed by atoms with E-state index in [1.165, 1.54) is 0 Å². The highest BCUT2D eigenvalue weighted by Crippen LogP contribution is 2.49. The highest BCUT2D eigenvalue weighted by Gasteiger charge is 2.47. The van der Waals surface area contributed by atoms with Crippen LogP contribution < -0.4 is 11.2 Å². The van der Waals surface area contributed by atoms with Crippen LogP contribution in [-0.2, 0) is 16.0 Å². The number of aromatic nitrogens is 1. The summed E-state index contributed by atoms with van der Waals surface area (Å²) < 4.78 is 0. The van der Waals surface area contributed by atoms with E-state index in [0.717, 1.165) is 35.0 Å². The lowest BCUT2D eigenvalue weighted by atomic mass is 9.94. The number of carbonyl (C=O) groups excluding carboxylic acids is 1. The first-order chi connectivity index (χ1) is 12.4. The highest BCUT2D eigenvalue weighted by atomic mass is 16.4. The van der Waals surface area contributed by atoms with Crippen molar-refractivity contribution in [1.82, 2.24) is 10.4 Å². The zero-order valence-electron chi connectivity index (χ0n) is 14.4. The minimum atomic E-state index is -1.06. The molecule has 0 spiro atoms. The number of aromatic amines is 1. The molecule has 2 aromatic rings. The van der Waals surface area contributed by atoms with Crippen molar-refractivity contribution in [1.29, 1.82) is 0 Å². The van der Waals surface area contributed by atoms with E-state index < -0.39 is 12.0 Å². The lowest BCUT2D eigenvalue weighted by Crippen LogP contribution is -2.32. The van der Waals surface area contributed by atoms with Gasteiger partial charge in [-0.05, 0) is 30.5 Å². The molecule has 2 aliphatic rings. The zero-order chi connectivity index (χ0) is 18.5. The molecule has 5 N–H and O–H groups in total. The molecule has 1 aliphatic heterocycles. The molecule has 0 radical (unpaired) electrons. The third kappa shape index (κ3) is 2.70. The molecule has 1 aliphatic carbocycles. The summed E-state index contributed by atoms with van der Waals surface area (Å²) >= 11 is 0. The second kappa shape index (κ2) is 5.81. The van der Waals surface area contributed by atoms with Crippen LogP contribution in [0.5, 0.6) is 0 Å². The Morgan fingerprint density at radius 2 is 2.15 bits per heavy atom. The molecule has 26 heavy (non-hydrogen) atoms. The van der Waals surface area contributed by atoms with Gasteiger partial charge < -0.3 is 15.8 Å². The predicted octanol–water partition coefficient (Wildman–Crippen LogP) is 1.79. The maximum absolute atomic E-state index is 12.3. The number of hydrogen-bond acceptors (Lipinski definition) is 4. The summed E-state index contributed by atoms with van der Waals surface area (Å²) in [5.74, 6) is -1.29. The van der Waals surface area contributed by atoms with Gasteiger partial charge in [-0.3, -0.25) is 9.59 Å². The molecule has 134 valence electrons. The molecule has 7 nitrogen and oxygen atoms in total. The van der Waals surface area contributed by atoms with Crippen LogP contribution in [0, 0.1) is 5.41 Å². The van der Waals surface area contributed by atoms with Crippen LogP contribution in [0.4, 0.5) is 0 Å². The Morgan fingerprint density at radius 1 is 1.42 bits per heavy atom. The van der Waals surface area contributed by atoms with E-state index in [9.17, 15) is 14.7 Å². The van der Waals surface area contributed by atoms with Crippen LogP contribution in [0.3, 0.4) is 0 Å². The molecule has 1 amide bonds. The number of rotatable bonds is 5. The van der Waals surface area contributed by atoms with Crippen LogP contribution in [-0.4, -0.2) is 33.7 Å². The number of nitrogens with zero attached hydrogens (tertiary/aromatic N) is 1. The summed E-state index contributed by atoms with van der Waals surface area (Å²) in [5.41, 5.74) is 11.9. The van der Waals surface area contributed by atoms with Crippen molar-refractivity contribution in [2.45, 2.75) is 32.2 Å². The van der Waals surface area contributed by atoms with Gasteiger partial charge in [0, 0.05) is 28.4 Å². The number of carboxylic acid groups (broad SMARTS) is 1. The van der Waals surface area contributed by atoms with E-state index >= 15 is 0 Å². The smallest absolute Gasteiger partial charge is 0.320 e. The van der Waals surface area contributed by atoms with Gasteiger partial charge in [-0.1, -0.05) is 25.1 Å². The van der Waals surface area contributed by atoms with Crippen LogP contribution in [0.15, 0.2) is 34.9 Å². The molecule has 1 aromatic carbocycles. The van der Waals surface area contributed by atoms with Crippen LogP contribution in [0.25, 0.3) is 17.0 Å². The Balaban J connectivity index is 1.82. The molecule has 7 heteroatoms. The van der Waals surface area contributed by atoms with Crippen LogP contribution in [0.1, 0.15) is 31.0 Å². The van der Waals surface area contributed by atoms with Gasteiger partial charge in [-0.25, -0.2) is 5.43 Å². The minimum absolute atomic E-state index is 0.0609. The van der Waals surface area contributed by atoms with Crippen LogP contribution >= 0.6 is 0 Å². The van der Waals surface area contributed by atoms with Gasteiger partial charge in [0.25, 0.3) is 5.91 Å². The topological polar surface area (TPSA) is 121 Å². The van der Waals surface area contributed by atoms with Crippen molar-refractivity contribution in [3.05, 3.63) is 41.1 Å². The number of para-hydroxylation sites is 1. The van der Waals surface area contributed by atoms with Gasteiger partial charge >= 0.3 is 5.97 Å². The van der Waals surface area contributed by atoms with Crippen molar-refractivity contribution < 1.29 is 14.7 Å². The number of hydrazone groups is 1. The maximum atomic E-state index is 12.3. The molecular formula is C19H20N4O3. The Hall–Kier alpha value is -2.93. The zero-order valence-corrected chi connectivity index (χ0v) is 14.4. The van der Waals surface area contributed by atoms with Gasteiger partial charge in [-0.2, -0.15) is 5.10 Å². The quantitative estimate of drug-likeness (QED) is 0.613. The first-order valence-electron chi connectivity index (χ1n) is 8.57. The second-order valence-electron chi connectivity index (χ2n) is 7.23. The fourth-order valence-corrected chi connectivity index (χ4v) is 3.37. The molecular weight excluding hydrogens is 332 g/mol. The van der Waals surface area contributed by atoms with Crippen LogP contribution in [0.2, 0.25) is 0 Å². The van der Waals surface area contributed by atoms with Crippen molar-refractivity contribution in [3.63, 3.8) is 0 Å². The van der Waals surface area contributed by atoms with E-state index in [-0.39, 0.29) is 17.7 Å². The number of benzene rings is 1. The third-order valence-corrected chi connectivity index (χ3v) is 5.22. The van der Waals surface area contributed by atoms with E-state index in [1.54, 1.807) is 6.08 Å². The maximum Gasteiger partial charge on any atom is 0.320 e. The molecule has 0 saturated heterocycles. The number of carboxylic acids is 1. The Labute approximate surface area is 150 Å². The fourth-order valence-electron chi connectivity index (χ4n) is 3.37. The van der Waals surface area contributed by atoms with Crippen molar-refractivity contribution in [2.24, 2.45) is 16.3 Å². The van der Waals surface area contributed by atoms with E-state index in [4.69, 9.17) is 5.73 Å². The van der Waals surface area contributed by atoms with E-state index in [2.05, 4.69) is 22.4 Å². The number of fused-ring (bicyclic) bond motifs is 1. The fraction of sp³-hybridized carbons (Fsp3) is 0.316. The van der Waals surface area contributed by atoms with E-state index in [0.29, 0.717) is 11.3 Å². The predicted molar refractivity (Wildman–Crippen MR) is 98.5 cm³/mol. The number of aliphatic carboxylic acids is 1.